The summed E-state index contributed by atoms with van der Waals surface area (Å²) in [7, 11) is 0. The zero-order valence-corrected chi connectivity index (χ0v) is 13.4. The fourth-order valence-electron chi connectivity index (χ4n) is 2.81. The van der Waals surface area contributed by atoms with E-state index in [9.17, 15) is 23.1 Å². The van der Waals surface area contributed by atoms with Crippen molar-refractivity contribution in [3.63, 3.8) is 0 Å². The van der Waals surface area contributed by atoms with E-state index in [2.05, 4.69) is 15.1 Å². The molecule has 0 radical (unpaired) electrons. The van der Waals surface area contributed by atoms with Crippen LogP contribution >= 0.6 is 0 Å². The lowest BCUT2D eigenvalue weighted by atomic mass is 10.0. The van der Waals surface area contributed by atoms with Crippen molar-refractivity contribution in [2.75, 3.05) is 0 Å². The summed E-state index contributed by atoms with van der Waals surface area (Å²) in [4.78, 5) is 17.7. The zero-order valence-electron chi connectivity index (χ0n) is 13.4. The second-order valence-electron chi connectivity index (χ2n) is 5.75. The van der Waals surface area contributed by atoms with Gasteiger partial charge in [0.1, 0.15) is 5.65 Å². The molecule has 1 aromatic carbocycles. The lowest BCUT2D eigenvalue weighted by molar-refractivity contribution is -0.138. The van der Waals surface area contributed by atoms with E-state index in [0.29, 0.717) is 22.3 Å². The Morgan fingerprint density at radius 3 is 2.68 bits per heavy atom. The number of fused-ring (bicyclic) bond motifs is 1. The first-order valence-corrected chi connectivity index (χ1v) is 7.47. The number of nitrogens with one attached hydrogen (secondary N) is 1. The number of H-pyrrole nitrogens is 1. The van der Waals surface area contributed by atoms with E-state index >= 15 is 0 Å². The van der Waals surface area contributed by atoms with Gasteiger partial charge in [-0.1, -0.05) is 12.1 Å². The third kappa shape index (κ3) is 3.02. The zero-order chi connectivity index (χ0) is 18.4. The number of alkyl halides is 3. The number of rotatable bonds is 3. The van der Waals surface area contributed by atoms with Gasteiger partial charge in [0.05, 0.1) is 29.3 Å². The van der Waals surface area contributed by atoms with Crippen LogP contribution in [0, 0.1) is 6.92 Å². The van der Waals surface area contributed by atoms with Crippen molar-refractivity contribution < 1.29 is 18.3 Å². The number of aryl methyl sites for hydroxylation is 1. The van der Waals surface area contributed by atoms with E-state index in [-0.39, 0.29) is 12.2 Å². The van der Waals surface area contributed by atoms with Gasteiger partial charge in [-0.25, -0.2) is 14.5 Å². The highest BCUT2D eigenvalue weighted by Crippen LogP contribution is 2.33. The number of hydrogen-bond acceptors (Lipinski definition) is 4. The highest BCUT2D eigenvalue weighted by molar-refractivity contribution is 5.77. The molecule has 0 aliphatic rings. The van der Waals surface area contributed by atoms with Crippen LogP contribution in [-0.4, -0.2) is 24.9 Å². The number of aromatic nitrogens is 4. The van der Waals surface area contributed by atoms with Crippen molar-refractivity contribution in [2.24, 2.45) is 0 Å². The van der Waals surface area contributed by atoms with Crippen LogP contribution in [0.1, 0.15) is 35.3 Å². The average molecular weight is 352 g/mol. The highest BCUT2D eigenvalue weighted by Gasteiger charge is 2.32. The van der Waals surface area contributed by atoms with Gasteiger partial charge in [0.2, 0.25) is 0 Å². The molecule has 0 bridgehead atoms. The molecule has 0 aliphatic carbocycles. The first kappa shape index (κ1) is 17.2. The van der Waals surface area contributed by atoms with Crippen LogP contribution in [0.2, 0.25) is 0 Å². The summed E-state index contributed by atoms with van der Waals surface area (Å²) in [6.45, 7) is 2.79. The van der Waals surface area contributed by atoms with Crippen molar-refractivity contribution in [3.8, 4) is 0 Å². The van der Waals surface area contributed by atoms with E-state index < -0.39 is 23.5 Å². The largest absolute Gasteiger partial charge is 0.416 e. The van der Waals surface area contributed by atoms with Crippen molar-refractivity contribution in [1.29, 1.82) is 0 Å². The smallest absolute Gasteiger partial charge is 0.390 e. The van der Waals surface area contributed by atoms with Gasteiger partial charge in [-0.3, -0.25) is 4.98 Å². The number of halogens is 3. The molecular weight excluding hydrogens is 337 g/mol. The summed E-state index contributed by atoms with van der Waals surface area (Å²) in [5.41, 5.74) is 0.114. The molecule has 3 rings (SSSR count). The summed E-state index contributed by atoms with van der Waals surface area (Å²) >= 11 is 0. The molecule has 0 saturated carbocycles. The van der Waals surface area contributed by atoms with E-state index in [0.717, 1.165) is 6.07 Å². The Bertz CT molecular complexity index is 991. The van der Waals surface area contributed by atoms with E-state index in [1.165, 1.54) is 29.9 Å². The van der Waals surface area contributed by atoms with Gasteiger partial charge in [0, 0.05) is 6.20 Å². The second-order valence-corrected chi connectivity index (χ2v) is 5.75. The van der Waals surface area contributed by atoms with Gasteiger partial charge in [0.25, 0.3) is 0 Å². The number of aliphatic hydroxyl groups excluding tert-OH is 1. The second kappa shape index (κ2) is 5.99. The molecular formula is C16H15F3N4O2. The Hall–Kier alpha value is -2.68. The maximum absolute atomic E-state index is 12.9. The van der Waals surface area contributed by atoms with Crippen LogP contribution in [0.15, 0.2) is 29.2 Å². The van der Waals surface area contributed by atoms with Gasteiger partial charge in [-0.15, -0.1) is 0 Å². The van der Waals surface area contributed by atoms with E-state index in [1.54, 1.807) is 6.92 Å². The van der Waals surface area contributed by atoms with Crippen LogP contribution in [-0.2, 0) is 12.8 Å². The minimum atomic E-state index is -4.41. The summed E-state index contributed by atoms with van der Waals surface area (Å²) < 4.78 is 40.2. The molecule has 3 aromatic rings. The Labute approximate surface area is 139 Å². The first-order chi connectivity index (χ1) is 11.7. The number of aliphatic hydroxyl groups is 1. The molecule has 0 aliphatic heterocycles. The van der Waals surface area contributed by atoms with Crippen molar-refractivity contribution in [1.82, 2.24) is 19.7 Å². The Morgan fingerprint density at radius 1 is 1.36 bits per heavy atom. The third-order valence-electron chi connectivity index (χ3n) is 4.11. The Balaban J connectivity index is 2.11. The van der Waals surface area contributed by atoms with Gasteiger partial charge in [-0.2, -0.15) is 18.3 Å². The van der Waals surface area contributed by atoms with E-state index in [4.69, 9.17) is 0 Å². The number of aromatic amines is 1. The molecule has 1 atom stereocenters. The molecule has 0 fully saturated rings. The van der Waals surface area contributed by atoms with E-state index in [1.807, 2.05) is 0 Å². The minimum Gasteiger partial charge on any atom is -0.390 e. The van der Waals surface area contributed by atoms with Crippen molar-refractivity contribution in [3.05, 3.63) is 57.3 Å². The molecule has 2 aromatic heterocycles. The lowest BCUT2D eigenvalue weighted by Crippen LogP contribution is -2.15. The summed E-state index contributed by atoms with van der Waals surface area (Å²) in [6, 6.07) is 3.40. The normalized spacial score (nSPS) is 13.4. The van der Waals surface area contributed by atoms with Gasteiger partial charge >= 0.3 is 11.9 Å². The number of benzene rings is 1. The molecule has 0 amide bonds. The molecule has 2 heterocycles. The van der Waals surface area contributed by atoms with Crippen LogP contribution in [0.4, 0.5) is 13.2 Å². The topological polar surface area (TPSA) is 83.8 Å². The van der Waals surface area contributed by atoms with Crippen LogP contribution in [0.3, 0.4) is 0 Å². The van der Waals surface area contributed by atoms with Crippen LogP contribution in [0.25, 0.3) is 11.0 Å². The molecule has 2 N–H and O–H groups in total. The molecule has 0 spiro atoms. The Morgan fingerprint density at radius 2 is 2.08 bits per heavy atom. The maximum atomic E-state index is 12.9. The fraction of sp³-hybridized carbons (Fsp3) is 0.312. The van der Waals surface area contributed by atoms with Crippen LogP contribution in [0.5, 0.6) is 0 Å². The van der Waals surface area contributed by atoms with Gasteiger partial charge < -0.3 is 5.11 Å². The lowest BCUT2D eigenvalue weighted by Gasteiger charge is -2.17. The van der Waals surface area contributed by atoms with Crippen molar-refractivity contribution in [2.45, 2.75) is 32.7 Å². The predicted molar refractivity (Wildman–Crippen MR) is 84.1 cm³/mol. The number of hydrogen-bond donors (Lipinski definition) is 2. The summed E-state index contributed by atoms with van der Waals surface area (Å²) in [6.07, 6.45) is -3.10. The monoisotopic (exact) mass is 352 g/mol. The maximum Gasteiger partial charge on any atom is 0.416 e. The molecule has 9 heteroatoms. The third-order valence-corrected chi connectivity index (χ3v) is 4.11. The average Bonchev–Trinajstić information content (AvgIpc) is 2.90. The van der Waals surface area contributed by atoms with Crippen molar-refractivity contribution >= 4 is 11.0 Å². The molecule has 25 heavy (non-hydrogen) atoms. The fourth-order valence-corrected chi connectivity index (χ4v) is 2.81. The standard InChI is InChI=1S/C16H15F3N4O2/c1-8-5-10(3-4-12(8)16(17,18)19)9(2)23-14-11(13(7-24)22-23)6-20-15(25)21-14/h3-6,9,24H,7H2,1-2H3,(H,20,21,25). The number of nitrogens with zero attached hydrogens (tertiary/aromatic N) is 3. The quantitative estimate of drug-likeness (QED) is 0.759. The first-order valence-electron chi connectivity index (χ1n) is 7.47. The van der Waals surface area contributed by atoms with Gasteiger partial charge in [-0.05, 0) is 31.0 Å². The minimum absolute atomic E-state index is 0.103. The predicted octanol–water partition coefficient (Wildman–Crippen LogP) is 2.55. The molecule has 6 nitrogen and oxygen atoms in total. The van der Waals surface area contributed by atoms with Crippen LogP contribution < -0.4 is 5.69 Å². The van der Waals surface area contributed by atoms with Gasteiger partial charge in [0.15, 0.2) is 0 Å². The highest BCUT2D eigenvalue weighted by atomic mass is 19.4. The molecule has 132 valence electrons. The molecule has 1 unspecified atom stereocenters. The summed E-state index contributed by atoms with van der Waals surface area (Å²) in [5.74, 6) is 0. The Kier molecular flexibility index (Phi) is 4.11. The molecule has 0 saturated heterocycles. The summed E-state index contributed by atoms with van der Waals surface area (Å²) in [5, 5.41) is 14.2. The SMILES string of the molecule is Cc1cc(C(C)n2nc(CO)c3cnc(=O)[nH]c32)ccc1C(F)(F)F.